The molecule has 0 aliphatic rings. The van der Waals surface area contributed by atoms with Crippen molar-refractivity contribution >= 4 is 23.3 Å². The highest BCUT2D eigenvalue weighted by molar-refractivity contribution is 7.98. The van der Waals surface area contributed by atoms with Gasteiger partial charge in [0.05, 0.1) is 11.0 Å². The Labute approximate surface area is 127 Å². The summed E-state index contributed by atoms with van der Waals surface area (Å²) in [5.74, 6) is 1.28. The summed E-state index contributed by atoms with van der Waals surface area (Å²) in [5.41, 5.74) is 2.44. The van der Waals surface area contributed by atoms with Crippen LogP contribution < -0.4 is 5.32 Å². The number of thioether (sulfide) groups is 1. The predicted molar refractivity (Wildman–Crippen MR) is 85.8 cm³/mol. The summed E-state index contributed by atoms with van der Waals surface area (Å²) in [6.07, 6.45) is 0. The molecule has 21 heavy (non-hydrogen) atoms. The van der Waals surface area contributed by atoms with Crippen LogP contribution in [0.25, 0.3) is 0 Å². The molecule has 0 saturated heterocycles. The second kappa shape index (κ2) is 7.08. The van der Waals surface area contributed by atoms with Crippen molar-refractivity contribution in [2.45, 2.75) is 24.6 Å². The Morgan fingerprint density at radius 1 is 1.33 bits per heavy atom. The highest BCUT2D eigenvalue weighted by Gasteiger charge is 2.11. The molecule has 110 valence electrons. The first-order valence-electron chi connectivity index (χ1n) is 6.67. The minimum Gasteiger partial charge on any atom is -0.370 e. The minimum atomic E-state index is -0.390. The van der Waals surface area contributed by atoms with Gasteiger partial charge in [0.15, 0.2) is 0 Å². The van der Waals surface area contributed by atoms with Gasteiger partial charge in [-0.1, -0.05) is 29.8 Å². The predicted octanol–water partition coefficient (Wildman–Crippen LogP) is 4.02. The van der Waals surface area contributed by atoms with Gasteiger partial charge in [-0.15, -0.1) is 11.8 Å². The third-order valence-corrected chi connectivity index (χ3v) is 3.81. The number of benzene rings is 1. The number of anilines is 1. The SMILES string of the molecule is CCNc1cc([N+](=O)[O-])cc(SCc2cccc(C)c2)n1. The van der Waals surface area contributed by atoms with Crippen LogP contribution in [-0.4, -0.2) is 16.5 Å². The van der Waals surface area contributed by atoms with Crippen molar-refractivity contribution in [3.63, 3.8) is 0 Å². The van der Waals surface area contributed by atoms with Gasteiger partial charge in [0.2, 0.25) is 0 Å². The second-order valence-electron chi connectivity index (χ2n) is 4.61. The Morgan fingerprint density at radius 3 is 2.81 bits per heavy atom. The number of nitrogens with zero attached hydrogens (tertiary/aromatic N) is 2. The molecule has 0 amide bonds. The Morgan fingerprint density at radius 2 is 2.14 bits per heavy atom. The lowest BCUT2D eigenvalue weighted by atomic mass is 10.2. The molecule has 1 aromatic heterocycles. The normalized spacial score (nSPS) is 10.4. The summed E-state index contributed by atoms with van der Waals surface area (Å²) >= 11 is 1.50. The van der Waals surface area contributed by atoms with Crippen molar-refractivity contribution in [1.29, 1.82) is 0 Å². The molecule has 1 aromatic carbocycles. The largest absolute Gasteiger partial charge is 0.370 e. The first kappa shape index (κ1) is 15.3. The molecule has 1 heterocycles. The van der Waals surface area contributed by atoms with Crippen LogP contribution in [0.2, 0.25) is 0 Å². The summed E-state index contributed by atoms with van der Waals surface area (Å²) in [4.78, 5) is 15.0. The average molecular weight is 303 g/mol. The highest BCUT2D eigenvalue weighted by atomic mass is 32.2. The number of rotatable bonds is 6. The summed E-state index contributed by atoms with van der Waals surface area (Å²) in [7, 11) is 0. The van der Waals surface area contributed by atoms with Gasteiger partial charge < -0.3 is 5.32 Å². The third-order valence-electron chi connectivity index (χ3n) is 2.82. The van der Waals surface area contributed by atoms with E-state index in [1.807, 2.05) is 32.0 Å². The van der Waals surface area contributed by atoms with Gasteiger partial charge in [-0.3, -0.25) is 10.1 Å². The van der Waals surface area contributed by atoms with Crippen molar-refractivity contribution in [2.24, 2.45) is 0 Å². The Balaban J connectivity index is 2.16. The van der Waals surface area contributed by atoms with Crippen molar-refractivity contribution in [1.82, 2.24) is 4.98 Å². The summed E-state index contributed by atoms with van der Waals surface area (Å²) in [6, 6.07) is 11.2. The maximum absolute atomic E-state index is 11.0. The zero-order chi connectivity index (χ0) is 15.2. The minimum absolute atomic E-state index is 0.0627. The Bertz CT molecular complexity index is 647. The number of hydrogen-bond acceptors (Lipinski definition) is 5. The molecule has 0 unspecified atom stereocenters. The third kappa shape index (κ3) is 4.46. The summed E-state index contributed by atoms with van der Waals surface area (Å²) in [6.45, 7) is 4.65. The monoisotopic (exact) mass is 303 g/mol. The zero-order valence-electron chi connectivity index (χ0n) is 12.0. The van der Waals surface area contributed by atoms with E-state index in [0.717, 1.165) is 5.75 Å². The van der Waals surface area contributed by atoms with E-state index in [1.165, 1.54) is 35.0 Å². The fraction of sp³-hybridized carbons (Fsp3) is 0.267. The molecule has 6 heteroatoms. The van der Waals surface area contributed by atoms with E-state index in [1.54, 1.807) is 0 Å². The molecular formula is C15H17N3O2S. The van der Waals surface area contributed by atoms with Gasteiger partial charge in [-0.2, -0.15) is 0 Å². The number of pyridine rings is 1. The van der Waals surface area contributed by atoms with E-state index in [2.05, 4.69) is 16.4 Å². The molecular weight excluding hydrogens is 286 g/mol. The molecule has 0 fully saturated rings. The number of aryl methyl sites for hydroxylation is 1. The van der Waals surface area contributed by atoms with Crippen LogP contribution in [-0.2, 0) is 5.75 Å². The van der Waals surface area contributed by atoms with Crippen LogP contribution in [0.15, 0.2) is 41.4 Å². The van der Waals surface area contributed by atoms with Crippen LogP contribution in [0.4, 0.5) is 11.5 Å². The lowest BCUT2D eigenvalue weighted by Gasteiger charge is -2.06. The number of aromatic nitrogens is 1. The smallest absolute Gasteiger partial charge is 0.275 e. The Hall–Kier alpha value is -2.08. The van der Waals surface area contributed by atoms with Crippen LogP contribution in [0.3, 0.4) is 0 Å². The van der Waals surface area contributed by atoms with Crippen LogP contribution >= 0.6 is 11.8 Å². The van der Waals surface area contributed by atoms with Crippen LogP contribution in [0.1, 0.15) is 18.1 Å². The van der Waals surface area contributed by atoms with Crippen molar-refractivity contribution in [3.05, 3.63) is 57.6 Å². The molecule has 1 N–H and O–H groups in total. The van der Waals surface area contributed by atoms with E-state index in [4.69, 9.17) is 0 Å². The van der Waals surface area contributed by atoms with Crippen molar-refractivity contribution in [2.75, 3.05) is 11.9 Å². The van der Waals surface area contributed by atoms with Crippen LogP contribution in [0.5, 0.6) is 0 Å². The summed E-state index contributed by atoms with van der Waals surface area (Å²) < 4.78 is 0. The van der Waals surface area contributed by atoms with Gasteiger partial charge >= 0.3 is 0 Å². The molecule has 2 aromatic rings. The average Bonchev–Trinajstić information content (AvgIpc) is 2.45. The number of hydrogen-bond donors (Lipinski definition) is 1. The molecule has 0 atom stereocenters. The lowest BCUT2D eigenvalue weighted by Crippen LogP contribution is -2.01. The standard InChI is InChI=1S/C15H17N3O2S/c1-3-16-14-8-13(18(19)20)9-15(17-14)21-10-12-6-4-5-11(2)7-12/h4-9H,3,10H2,1-2H3,(H,16,17). The van der Waals surface area contributed by atoms with Gasteiger partial charge in [0.25, 0.3) is 5.69 Å². The van der Waals surface area contributed by atoms with Crippen LogP contribution in [0, 0.1) is 17.0 Å². The number of nitrogens with one attached hydrogen (secondary N) is 1. The van der Waals surface area contributed by atoms with E-state index in [9.17, 15) is 10.1 Å². The maximum atomic E-state index is 11.0. The highest BCUT2D eigenvalue weighted by Crippen LogP contribution is 2.27. The van der Waals surface area contributed by atoms with E-state index in [-0.39, 0.29) is 10.6 Å². The molecule has 0 spiro atoms. The van der Waals surface area contributed by atoms with Gasteiger partial charge in [0.1, 0.15) is 10.8 Å². The first-order valence-corrected chi connectivity index (χ1v) is 7.65. The molecule has 0 aliphatic carbocycles. The lowest BCUT2D eigenvalue weighted by molar-refractivity contribution is -0.385. The molecule has 0 aliphatic heterocycles. The molecule has 5 nitrogen and oxygen atoms in total. The van der Waals surface area contributed by atoms with Crippen molar-refractivity contribution in [3.8, 4) is 0 Å². The molecule has 2 rings (SSSR count). The van der Waals surface area contributed by atoms with Gasteiger partial charge in [-0.25, -0.2) is 4.98 Å². The molecule has 0 saturated carbocycles. The maximum Gasteiger partial charge on any atom is 0.275 e. The fourth-order valence-electron chi connectivity index (χ4n) is 1.90. The quantitative estimate of drug-likeness (QED) is 0.496. The van der Waals surface area contributed by atoms with Gasteiger partial charge in [-0.05, 0) is 19.4 Å². The van der Waals surface area contributed by atoms with Crippen molar-refractivity contribution < 1.29 is 4.92 Å². The fourth-order valence-corrected chi connectivity index (χ4v) is 2.76. The topological polar surface area (TPSA) is 68.1 Å². The molecule has 0 radical (unpaired) electrons. The van der Waals surface area contributed by atoms with Gasteiger partial charge in [0, 0.05) is 18.4 Å². The number of nitro groups is 1. The second-order valence-corrected chi connectivity index (χ2v) is 5.61. The van der Waals surface area contributed by atoms with E-state index < -0.39 is 0 Å². The summed E-state index contributed by atoms with van der Waals surface area (Å²) in [5, 5.41) is 14.6. The molecule has 0 bridgehead atoms. The van der Waals surface area contributed by atoms with E-state index in [0.29, 0.717) is 17.4 Å². The van der Waals surface area contributed by atoms with E-state index >= 15 is 0 Å². The zero-order valence-corrected chi connectivity index (χ0v) is 12.8. The first-order chi connectivity index (χ1) is 10.1. The Kier molecular flexibility index (Phi) is 5.16.